The van der Waals surface area contributed by atoms with Gasteiger partial charge in [0.15, 0.2) is 0 Å². The summed E-state index contributed by atoms with van der Waals surface area (Å²) >= 11 is 0. The Morgan fingerprint density at radius 2 is 2.04 bits per heavy atom. The summed E-state index contributed by atoms with van der Waals surface area (Å²) in [5, 5.41) is 9.04. The number of carbonyl (C=O) groups excluding carboxylic acids is 1. The molecule has 0 bridgehead atoms. The average Bonchev–Trinajstić information content (AvgIpc) is 2.97. The molecule has 1 aromatic carbocycles. The van der Waals surface area contributed by atoms with E-state index >= 15 is 0 Å². The van der Waals surface area contributed by atoms with Crippen LogP contribution in [0.2, 0.25) is 0 Å². The van der Waals surface area contributed by atoms with Gasteiger partial charge in [-0.1, -0.05) is 25.1 Å². The molecule has 0 unspecified atom stereocenters. The fraction of sp³-hybridized carbons (Fsp3) is 0.579. The van der Waals surface area contributed by atoms with Gasteiger partial charge in [0.25, 0.3) is 0 Å². The smallest absolute Gasteiger partial charge is 0.410 e. The van der Waals surface area contributed by atoms with Crippen LogP contribution in [0.5, 0.6) is 0 Å². The molecule has 1 N–H and O–H groups in total. The number of likely N-dealkylation sites (tertiary alicyclic amines) is 1. The van der Waals surface area contributed by atoms with E-state index in [0.717, 1.165) is 43.6 Å². The van der Waals surface area contributed by atoms with Crippen LogP contribution in [0.4, 0.5) is 4.79 Å². The van der Waals surface area contributed by atoms with E-state index in [1.54, 1.807) is 0 Å². The number of nitrogens with one attached hydrogen (secondary N) is 1. The maximum Gasteiger partial charge on any atom is 0.410 e. The van der Waals surface area contributed by atoms with E-state index in [2.05, 4.69) is 35.3 Å². The highest BCUT2D eigenvalue weighted by atomic mass is 16.6. The minimum Gasteiger partial charge on any atom is -0.444 e. The predicted molar refractivity (Wildman–Crippen MR) is 95.3 cm³/mol. The number of hydrogen-bond acceptors (Lipinski definition) is 3. The number of aromatic amines is 1. The van der Waals surface area contributed by atoms with Crippen molar-refractivity contribution in [1.29, 1.82) is 0 Å². The van der Waals surface area contributed by atoms with Crippen molar-refractivity contribution < 1.29 is 9.53 Å². The number of ether oxygens (including phenoxy) is 1. The van der Waals surface area contributed by atoms with Gasteiger partial charge < -0.3 is 9.64 Å². The Morgan fingerprint density at radius 1 is 1.33 bits per heavy atom. The van der Waals surface area contributed by atoms with Gasteiger partial charge >= 0.3 is 6.09 Å². The van der Waals surface area contributed by atoms with E-state index in [-0.39, 0.29) is 6.09 Å². The second-order valence-corrected chi connectivity index (χ2v) is 7.54. The number of piperidine rings is 1. The van der Waals surface area contributed by atoms with Crippen molar-refractivity contribution in [1.82, 2.24) is 15.1 Å². The van der Waals surface area contributed by atoms with Crippen LogP contribution < -0.4 is 0 Å². The molecule has 1 aromatic heterocycles. The van der Waals surface area contributed by atoms with Crippen molar-refractivity contribution in [2.45, 2.75) is 58.5 Å². The lowest BCUT2D eigenvalue weighted by molar-refractivity contribution is 0.0204. The van der Waals surface area contributed by atoms with Gasteiger partial charge in [-0.2, -0.15) is 5.10 Å². The highest BCUT2D eigenvalue weighted by Crippen LogP contribution is 2.33. The van der Waals surface area contributed by atoms with Gasteiger partial charge in [-0.25, -0.2) is 4.79 Å². The maximum absolute atomic E-state index is 12.2. The molecule has 1 aliphatic heterocycles. The molecule has 0 radical (unpaired) electrons. The van der Waals surface area contributed by atoms with Crippen molar-refractivity contribution in [3.63, 3.8) is 0 Å². The van der Waals surface area contributed by atoms with E-state index in [9.17, 15) is 4.79 Å². The lowest BCUT2D eigenvalue weighted by Crippen LogP contribution is -2.41. The third-order valence-electron chi connectivity index (χ3n) is 4.63. The molecule has 24 heavy (non-hydrogen) atoms. The lowest BCUT2D eigenvalue weighted by atomic mass is 9.91. The second-order valence-electron chi connectivity index (χ2n) is 7.54. The summed E-state index contributed by atoms with van der Waals surface area (Å²) in [5.41, 5.74) is 3.16. The van der Waals surface area contributed by atoms with Crippen LogP contribution in [-0.4, -0.2) is 39.9 Å². The van der Waals surface area contributed by atoms with Crippen molar-refractivity contribution in [3.8, 4) is 0 Å². The highest BCUT2D eigenvalue weighted by Gasteiger charge is 2.29. The zero-order chi connectivity index (χ0) is 17.3. The molecule has 130 valence electrons. The zero-order valence-electron chi connectivity index (χ0n) is 15.1. The largest absolute Gasteiger partial charge is 0.444 e. The summed E-state index contributed by atoms with van der Waals surface area (Å²) in [4.78, 5) is 14.0. The molecule has 1 saturated heterocycles. The molecule has 0 atom stereocenters. The highest BCUT2D eigenvalue weighted by molar-refractivity contribution is 5.84. The third kappa shape index (κ3) is 3.40. The van der Waals surface area contributed by atoms with E-state index in [0.29, 0.717) is 5.92 Å². The Kier molecular flexibility index (Phi) is 4.52. The number of amides is 1. The topological polar surface area (TPSA) is 58.2 Å². The molecule has 0 aliphatic carbocycles. The summed E-state index contributed by atoms with van der Waals surface area (Å²) in [6, 6.07) is 6.40. The van der Waals surface area contributed by atoms with Crippen LogP contribution in [0.25, 0.3) is 10.9 Å². The van der Waals surface area contributed by atoms with Crippen LogP contribution in [0.3, 0.4) is 0 Å². The standard InChI is InChI=1S/C19H27N3O2/c1-5-13-7-6-8-15-16(13)20-21-17(15)14-9-11-22(12-10-14)18(23)24-19(2,3)4/h6-8,14H,5,9-12H2,1-4H3,(H,20,21). The summed E-state index contributed by atoms with van der Waals surface area (Å²) in [7, 11) is 0. The van der Waals surface area contributed by atoms with Gasteiger partial charge in [-0.15, -0.1) is 0 Å². The summed E-state index contributed by atoms with van der Waals surface area (Å²) < 4.78 is 5.47. The first-order valence-electron chi connectivity index (χ1n) is 8.83. The third-order valence-corrected chi connectivity index (χ3v) is 4.63. The Morgan fingerprint density at radius 3 is 2.67 bits per heavy atom. The average molecular weight is 329 g/mol. The monoisotopic (exact) mass is 329 g/mol. The van der Waals surface area contributed by atoms with Crippen molar-refractivity contribution >= 4 is 17.0 Å². The van der Waals surface area contributed by atoms with Crippen LogP contribution in [-0.2, 0) is 11.2 Å². The number of rotatable bonds is 2. The van der Waals surface area contributed by atoms with Gasteiger partial charge in [-0.3, -0.25) is 5.10 Å². The van der Waals surface area contributed by atoms with E-state index in [1.165, 1.54) is 10.9 Å². The van der Waals surface area contributed by atoms with Crippen molar-refractivity contribution in [3.05, 3.63) is 29.5 Å². The number of para-hydroxylation sites is 1. The van der Waals surface area contributed by atoms with Gasteiger partial charge in [-0.05, 0) is 45.6 Å². The summed E-state index contributed by atoms with van der Waals surface area (Å²) in [6.07, 6.45) is 2.64. The molecule has 3 rings (SSSR count). The Bertz CT molecular complexity index is 722. The first-order valence-corrected chi connectivity index (χ1v) is 8.83. The molecule has 1 amide bonds. The molecular weight excluding hydrogens is 302 g/mol. The summed E-state index contributed by atoms with van der Waals surface area (Å²) in [5.74, 6) is 0.393. The Hall–Kier alpha value is -2.04. The molecule has 1 aliphatic rings. The number of hydrogen-bond donors (Lipinski definition) is 1. The Balaban J connectivity index is 1.70. The molecule has 0 saturated carbocycles. The van der Waals surface area contributed by atoms with Gasteiger partial charge in [0.2, 0.25) is 0 Å². The minimum absolute atomic E-state index is 0.207. The SMILES string of the molecule is CCc1cccc2c(C3CCN(C(=O)OC(C)(C)C)CC3)n[nH]c12. The fourth-order valence-corrected chi connectivity index (χ4v) is 3.39. The number of aromatic nitrogens is 2. The molecule has 2 aromatic rings. The number of carbonyl (C=O) groups is 1. The number of aryl methyl sites for hydroxylation is 1. The van der Waals surface area contributed by atoms with Gasteiger partial charge in [0.1, 0.15) is 5.60 Å². The number of fused-ring (bicyclic) bond motifs is 1. The predicted octanol–water partition coefficient (Wildman–Crippen LogP) is 4.24. The fourth-order valence-electron chi connectivity index (χ4n) is 3.39. The minimum atomic E-state index is -0.442. The summed E-state index contributed by atoms with van der Waals surface area (Å²) in [6.45, 7) is 9.31. The molecule has 1 fully saturated rings. The molecule has 0 spiro atoms. The van der Waals surface area contributed by atoms with Crippen LogP contribution >= 0.6 is 0 Å². The van der Waals surface area contributed by atoms with Crippen molar-refractivity contribution in [2.75, 3.05) is 13.1 Å². The number of nitrogens with zero attached hydrogens (tertiary/aromatic N) is 2. The second kappa shape index (κ2) is 6.46. The molecule has 5 nitrogen and oxygen atoms in total. The van der Waals surface area contributed by atoms with Gasteiger partial charge in [0, 0.05) is 24.4 Å². The first-order chi connectivity index (χ1) is 11.4. The van der Waals surface area contributed by atoms with E-state index < -0.39 is 5.60 Å². The quantitative estimate of drug-likeness (QED) is 0.896. The van der Waals surface area contributed by atoms with Crippen LogP contribution in [0.15, 0.2) is 18.2 Å². The van der Waals surface area contributed by atoms with E-state index in [1.807, 2.05) is 25.7 Å². The first kappa shape index (κ1) is 16.8. The number of H-pyrrole nitrogens is 1. The molecule has 5 heteroatoms. The molecular formula is C19H27N3O2. The zero-order valence-corrected chi connectivity index (χ0v) is 15.1. The lowest BCUT2D eigenvalue weighted by Gasteiger charge is -2.33. The van der Waals surface area contributed by atoms with Gasteiger partial charge in [0.05, 0.1) is 11.2 Å². The molecule has 2 heterocycles. The number of benzene rings is 1. The van der Waals surface area contributed by atoms with Crippen molar-refractivity contribution in [2.24, 2.45) is 0 Å². The van der Waals surface area contributed by atoms with E-state index in [4.69, 9.17) is 4.74 Å². The normalized spacial score (nSPS) is 16.6. The maximum atomic E-state index is 12.2. The van der Waals surface area contributed by atoms with Crippen LogP contribution in [0, 0.1) is 0 Å². The Labute approximate surface area is 143 Å². The van der Waals surface area contributed by atoms with Crippen LogP contribution in [0.1, 0.15) is 57.7 Å².